The molecule has 0 saturated heterocycles. The second kappa shape index (κ2) is 6.17. The van der Waals surface area contributed by atoms with E-state index in [1.807, 2.05) is 0 Å². The van der Waals surface area contributed by atoms with E-state index in [9.17, 15) is 14.9 Å². The maximum Gasteiger partial charge on any atom is 0.407 e. The number of alkyl carbamates (subject to hydrolysis) is 1. The minimum atomic E-state index is -0.521. The van der Waals surface area contributed by atoms with E-state index in [4.69, 9.17) is 4.74 Å². The summed E-state index contributed by atoms with van der Waals surface area (Å²) < 4.78 is 6.53. The fraction of sp³-hybridized carbons (Fsp3) is 0.636. The van der Waals surface area contributed by atoms with Gasteiger partial charge in [-0.1, -0.05) is 0 Å². The number of aromatic nitrogens is 2. The zero-order valence-electron chi connectivity index (χ0n) is 11.3. The van der Waals surface area contributed by atoms with Gasteiger partial charge in [0.15, 0.2) is 0 Å². The molecule has 1 amide bonds. The Hall–Kier alpha value is -2.12. The van der Waals surface area contributed by atoms with Gasteiger partial charge in [-0.15, -0.1) is 0 Å². The van der Waals surface area contributed by atoms with E-state index in [0.717, 1.165) is 0 Å². The maximum absolute atomic E-state index is 11.3. The summed E-state index contributed by atoms with van der Waals surface area (Å²) in [5.41, 5.74) is -0.563. The average Bonchev–Trinajstić information content (AvgIpc) is 2.70. The van der Waals surface area contributed by atoms with Gasteiger partial charge in [0.2, 0.25) is 0 Å². The molecule has 0 aliphatic heterocycles. The van der Waals surface area contributed by atoms with Gasteiger partial charge in [-0.25, -0.2) is 4.79 Å². The van der Waals surface area contributed by atoms with Gasteiger partial charge in [0.05, 0.1) is 4.92 Å². The van der Waals surface area contributed by atoms with Gasteiger partial charge in [-0.05, 0) is 27.2 Å². The Kier molecular flexibility index (Phi) is 4.85. The second-order valence-electron chi connectivity index (χ2n) is 5.00. The molecule has 1 rings (SSSR count). The van der Waals surface area contributed by atoms with Gasteiger partial charge in [-0.2, -0.15) is 5.10 Å². The Morgan fingerprint density at radius 3 is 2.79 bits per heavy atom. The fourth-order valence-electron chi connectivity index (χ4n) is 1.31. The van der Waals surface area contributed by atoms with Crippen molar-refractivity contribution in [1.82, 2.24) is 15.1 Å². The molecule has 0 aliphatic rings. The molecule has 1 aromatic heterocycles. The number of hydrogen-bond donors (Lipinski definition) is 1. The first-order valence-corrected chi connectivity index (χ1v) is 5.91. The number of nitro groups is 1. The highest BCUT2D eigenvalue weighted by atomic mass is 16.6. The number of carbonyl (C=O) groups is 1. The van der Waals surface area contributed by atoms with Crippen molar-refractivity contribution in [2.24, 2.45) is 0 Å². The van der Waals surface area contributed by atoms with Crippen molar-refractivity contribution in [2.45, 2.75) is 39.3 Å². The van der Waals surface area contributed by atoms with Crippen LogP contribution in [0.3, 0.4) is 0 Å². The molecule has 0 bridgehead atoms. The Morgan fingerprint density at radius 1 is 1.58 bits per heavy atom. The molecule has 8 heteroatoms. The van der Waals surface area contributed by atoms with E-state index in [2.05, 4.69) is 10.4 Å². The van der Waals surface area contributed by atoms with Crippen LogP contribution in [0, 0.1) is 10.1 Å². The molecule has 1 N–H and O–H groups in total. The highest BCUT2D eigenvalue weighted by Gasteiger charge is 2.15. The normalized spacial score (nSPS) is 11.1. The van der Waals surface area contributed by atoms with Crippen LogP contribution >= 0.6 is 0 Å². The molecule has 0 spiro atoms. The van der Waals surface area contributed by atoms with Crippen LogP contribution in [0.5, 0.6) is 0 Å². The van der Waals surface area contributed by atoms with Crippen molar-refractivity contribution in [1.29, 1.82) is 0 Å². The van der Waals surface area contributed by atoms with Crippen molar-refractivity contribution in [3.63, 3.8) is 0 Å². The third-order valence-electron chi connectivity index (χ3n) is 2.06. The predicted molar refractivity (Wildman–Crippen MR) is 67.7 cm³/mol. The minimum absolute atomic E-state index is 0.0416. The predicted octanol–water partition coefficient (Wildman–Crippen LogP) is 1.71. The lowest BCUT2D eigenvalue weighted by Crippen LogP contribution is -2.33. The van der Waals surface area contributed by atoms with Gasteiger partial charge in [0, 0.05) is 13.1 Å². The summed E-state index contributed by atoms with van der Waals surface area (Å²) in [5, 5.41) is 16.9. The number of hydrogen-bond acceptors (Lipinski definition) is 5. The topological polar surface area (TPSA) is 99.3 Å². The molecular formula is C11H18N4O4. The number of amides is 1. The van der Waals surface area contributed by atoms with E-state index >= 15 is 0 Å². The largest absolute Gasteiger partial charge is 0.444 e. The number of nitrogens with one attached hydrogen (secondary N) is 1. The molecular weight excluding hydrogens is 252 g/mol. The summed E-state index contributed by atoms with van der Waals surface area (Å²) in [6, 6.07) is 0. The molecule has 0 fully saturated rings. The van der Waals surface area contributed by atoms with Gasteiger partial charge < -0.3 is 10.1 Å². The molecule has 0 radical (unpaired) electrons. The SMILES string of the molecule is CC(C)(C)OC(=O)NCCCn1cc([N+](=O)[O-])cn1. The Bertz CT molecular complexity index is 450. The van der Waals surface area contributed by atoms with Crippen LogP contribution in [0.25, 0.3) is 0 Å². The Labute approximate surface area is 110 Å². The van der Waals surface area contributed by atoms with Crippen LogP contribution in [0.1, 0.15) is 27.2 Å². The van der Waals surface area contributed by atoms with Gasteiger partial charge in [0.1, 0.15) is 18.0 Å². The van der Waals surface area contributed by atoms with E-state index < -0.39 is 16.6 Å². The zero-order chi connectivity index (χ0) is 14.5. The van der Waals surface area contributed by atoms with E-state index in [1.54, 1.807) is 20.8 Å². The van der Waals surface area contributed by atoms with Gasteiger partial charge >= 0.3 is 11.8 Å². The van der Waals surface area contributed by atoms with Crippen LogP contribution in [0.2, 0.25) is 0 Å². The quantitative estimate of drug-likeness (QED) is 0.498. The summed E-state index contributed by atoms with van der Waals surface area (Å²) in [6.07, 6.45) is 2.69. The molecule has 0 unspecified atom stereocenters. The van der Waals surface area contributed by atoms with Crippen molar-refractivity contribution >= 4 is 11.8 Å². The standard InChI is InChI=1S/C11H18N4O4/c1-11(2,3)19-10(16)12-5-4-6-14-8-9(7-13-14)15(17)18/h7-8H,4-6H2,1-3H3,(H,12,16). The monoisotopic (exact) mass is 270 g/mol. The summed E-state index contributed by atoms with van der Waals surface area (Å²) in [6.45, 7) is 6.27. The number of rotatable bonds is 5. The van der Waals surface area contributed by atoms with Crippen molar-refractivity contribution < 1.29 is 14.5 Å². The van der Waals surface area contributed by atoms with Crippen LogP contribution in [0.15, 0.2) is 12.4 Å². The van der Waals surface area contributed by atoms with Crippen molar-refractivity contribution in [2.75, 3.05) is 6.54 Å². The lowest BCUT2D eigenvalue weighted by molar-refractivity contribution is -0.385. The first-order valence-electron chi connectivity index (χ1n) is 5.91. The Balaban J connectivity index is 2.23. The van der Waals surface area contributed by atoms with Gasteiger partial charge in [-0.3, -0.25) is 14.8 Å². The highest BCUT2D eigenvalue weighted by Crippen LogP contribution is 2.08. The van der Waals surface area contributed by atoms with Crippen LogP contribution < -0.4 is 5.32 Å². The maximum atomic E-state index is 11.3. The fourth-order valence-corrected chi connectivity index (χ4v) is 1.31. The van der Waals surface area contributed by atoms with E-state index in [-0.39, 0.29) is 5.69 Å². The zero-order valence-corrected chi connectivity index (χ0v) is 11.3. The lowest BCUT2D eigenvalue weighted by Gasteiger charge is -2.19. The van der Waals surface area contributed by atoms with E-state index in [0.29, 0.717) is 19.5 Å². The first-order chi connectivity index (χ1) is 8.78. The smallest absolute Gasteiger partial charge is 0.407 e. The first kappa shape index (κ1) is 14.9. The van der Waals surface area contributed by atoms with Crippen LogP contribution in [-0.2, 0) is 11.3 Å². The average molecular weight is 270 g/mol. The highest BCUT2D eigenvalue weighted by molar-refractivity contribution is 5.67. The number of carbonyl (C=O) groups excluding carboxylic acids is 1. The summed E-state index contributed by atoms with van der Waals surface area (Å²) in [7, 11) is 0. The van der Waals surface area contributed by atoms with Crippen LogP contribution in [0.4, 0.5) is 10.5 Å². The molecule has 106 valence electrons. The molecule has 19 heavy (non-hydrogen) atoms. The second-order valence-corrected chi connectivity index (χ2v) is 5.00. The summed E-state index contributed by atoms with van der Waals surface area (Å²) in [4.78, 5) is 21.3. The number of ether oxygens (including phenoxy) is 1. The minimum Gasteiger partial charge on any atom is -0.444 e. The lowest BCUT2D eigenvalue weighted by atomic mass is 10.2. The Morgan fingerprint density at radius 2 is 2.26 bits per heavy atom. The van der Waals surface area contributed by atoms with Gasteiger partial charge in [0.25, 0.3) is 0 Å². The number of nitrogens with zero attached hydrogens (tertiary/aromatic N) is 3. The molecule has 1 aromatic rings. The molecule has 1 heterocycles. The summed E-state index contributed by atoms with van der Waals surface area (Å²) in [5.74, 6) is 0. The summed E-state index contributed by atoms with van der Waals surface area (Å²) >= 11 is 0. The third kappa shape index (κ3) is 5.84. The molecule has 0 aromatic carbocycles. The van der Waals surface area contributed by atoms with Crippen molar-refractivity contribution in [3.8, 4) is 0 Å². The number of aryl methyl sites for hydroxylation is 1. The third-order valence-corrected chi connectivity index (χ3v) is 2.06. The molecule has 8 nitrogen and oxygen atoms in total. The molecule has 0 atom stereocenters. The van der Waals surface area contributed by atoms with Crippen molar-refractivity contribution in [3.05, 3.63) is 22.5 Å². The van der Waals surface area contributed by atoms with Crippen LogP contribution in [-0.4, -0.2) is 32.9 Å². The molecule has 0 saturated carbocycles. The molecule has 0 aliphatic carbocycles. The van der Waals surface area contributed by atoms with E-state index in [1.165, 1.54) is 17.1 Å².